The topological polar surface area (TPSA) is 121 Å². The normalized spacial score (nSPS) is 19.8. The van der Waals surface area contributed by atoms with E-state index in [0.29, 0.717) is 38.3 Å². The average molecular weight is 415 g/mol. The number of carbonyl (C=O) groups excluding carboxylic acids is 2. The van der Waals surface area contributed by atoms with E-state index in [-0.39, 0.29) is 35.9 Å². The number of nitrogens with two attached hydrogens (primary N) is 1. The summed E-state index contributed by atoms with van der Waals surface area (Å²) in [4.78, 5) is 24.9. The van der Waals surface area contributed by atoms with Crippen LogP contribution in [0.25, 0.3) is 0 Å². The standard InChI is InChI=1S/C21H29N5O4/c1-14(15-7-4-3-5-8-15)26-18(11-17(25-26)20(27)23-2)21(28)24-10-6-9-19-29-12-16(22)13-30-19/h3-5,7-8,11,14,16,19H,6,9-10,12-13,22H2,1-2H3,(H,23,27)(H,24,28)/t14-,16?,19?/m0/s1. The summed E-state index contributed by atoms with van der Waals surface area (Å²) in [5, 5.41) is 9.82. The van der Waals surface area contributed by atoms with E-state index < -0.39 is 0 Å². The van der Waals surface area contributed by atoms with Crippen LogP contribution in [0.3, 0.4) is 0 Å². The maximum atomic E-state index is 12.8. The lowest BCUT2D eigenvalue weighted by molar-refractivity contribution is -0.188. The molecule has 1 aromatic heterocycles. The van der Waals surface area contributed by atoms with E-state index in [4.69, 9.17) is 15.2 Å². The van der Waals surface area contributed by atoms with Crippen LogP contribution in [0.2, 0.25) is 0 Å². The van der Waals surface area contributed by atoms with Crippen LogP contribution in [0.15, 0.2) is 36.4 Å². The summed E-state index contributed by atoms with van der Waals surface area (Å²) in [6.07, 6.45) is 1.07. The van der Waals surface area contributed by atoms with Crippen molar-refractivity contribution < 1.29 is 19.1 Å². The van der Waals surface area contributed by atoms with Crippen molar-refractivity contribution in [2.75, 3.05) is 26.8 Å². The Balaban J connectivity index is 1.64. The molecule has 2 amide bonds. The molecule has 0 unspecified atom stereocenters. The fraction of sp³-hybridized carbons (Fsp3) is 0.476. The predicted octanol–water partition coefficient (Wildman–Crippen LogP) is 1.06. The van der Waals surface area contributed by atoms with Crippen molar-refractivity contribution in [2.45, 2.75) is 38.1 Å². The van der Waals surface area contributed by atoms with Crippen molar-refractivity contribution in [3.8, 4) is 0 Å². The van der Waals surface area contributed by atoms with E-state index in [1.165, 1.54) is 13.1 Å². The van der Waals surface area contributed by atoms with Gasteiger partial charge in [-0.3, -0.25) is 14.3 Å². The Kier molecular flexibility index (Phi) is 7.56. The van der Waals surface area contributed by atoms with E-state index >= 15 is 0 Å². The second-order valence-electron chi connectivity index (χ2n) is 7.28. The second kappa shape index (κ2) is 10.3. The lowest BCUT2D eigenvalue weighted by atomic mass is 10.1. The van der Waals surface area contributed by atoms with Gasteiger partial charge in [-0.1, -0.05) is 30.3 Å². The van der Waals surface area contributed by atoms with Crippen molar-refractivity contribution >= 4 is 11.8 Å². The van der Waals surface area contributed by atoms with Gasteiger partial charge in [0.15, 0.2) is 12.0 Å². The number of hydrogen-bond acceptors (Lipinski definition) is 6. The van der Waals surface area contributed by atoms with Gasteiger partial charge in [0.1, 0.15) is 5.69 Å². The highest BCUT2D eigenvalue weighted by molar-refractivity contribution is 5.97. The summed E-state index contributed by atoms with van der Waals surface area (Å²) in [6.45, 7) is 3.36. The van der Waals surface area contributed by atoms with Crippen LogP contribution in [0.5, 0.6) is 0 Å². The molecule has 1 aliphatic heterocycles. The molecule has 9 heteroatoms. The molecule has 30 heavy (non-hydrogen) atoms. The molecule has 0 radical (unpaired) electrons. The molecule has 1 aromatic carbocycles. The highest BCUT2D eigenvalue weighted by Crippen LogP contribution is 2.20. The molecule has 1 saturated heterocycles. The van der Waals surface area contributed by atoms with E-state index in [9.17, 15) is 9.59 Å². The molecular formula is C21H29N5O4. The molecule has 9 nitrogen and oxygen atoms in total. The van der Waals surface area contributed by atoms with E-state index in [1.54, 1.807) is 4.68 Å². The SMILES string of the molecule is CNC(=O)c1cc(C(=O)NCCCC2OCC(N)CO2)n([C@@H](C)c2ccccc2)n1. The number of carbonyl (C=O) groups is 2. The molecule has 4 N–H and O–H groups in total. The Morgan fingerprint density at radius 1 is 1.23 bits per heavy atom. The van der Waals surface area contributed by atoms with Gasteiger partial charge in [-0.25, -0.2) is 0 Å². The van der Waals surface area contributed by atoms with Gasteiger partial charge in [0.2, 0.25) is 0 Å². The van der Waals surface area contributed by atoms with Crippen LogP contribution in [0.1, 0.15) is 52.3 Å². The summed E-state index contributed by atoms with van der Waals surface area (Å²) in [7, 11) is 1.53. The first kappa shape index (κ1) is 21.9. The zero-order valence-corrected chi connectivity index (χ0v) is 17.3. The van der Waals surface area contributed by atoms with Gasteiger partial charge >= 0.3 is 0 Å². The number of nitrogens with one attached hydrogen (secondary N) is 2. The van der Waals surface area contributed by atoms with E-state index in [0.717, 1.165) is 5.56 Å². The number of hydrogen-bond donors (Lipinski definition) is 3. The predicted molar refractivity (Wildman–Crippen MR) is 111 cm³/mol. The fourth-order valence-corrected chi connectivity index (χ4v) is 3.26. The molecule has 1 atom stereocenters. The molecule has 2 aromatic rings. The van der Waals surface area contributed by atoms with Crippen LogP contribution in [-0.2, 0) is 9.47 Å². The van der Waals surface area contributed by atoms with Gasteiger partial charge < -0.3 is 25.8 Å². The zero-order chi connectivity index (χ0) is 21.5. The first-order valence-electron chi connectivity index (χ1n) is 10.1. The van der Waals surface area contributed by atoms with Crippen molar-refractivity contribution in [2.24, 2.45) is 5.73 Å². The number of rotatable bonds is 8. The maximum Gasteiger partial charge on any atom is 0.271 e. The summed E-state index contributed by atoms with van der Waals surface area (Å²) in [5.41, 5.74) is 7.25. The molecular weight excluding hydrogens is 386 g/mol. The average Bonchev–Trinajstić information content (AvgIpc) is 3.23. The number of aromatic nitrogens is 2. The van der Waals surface area contributed by atoms with Crippen LogP contribution in [-0.4, -0.2) is 60.7 Å². The van der Waals surface area contributed by atoms with Crippen molar-refractivity contribution in [3.05, 3.63) is 53.3 Å². The van der Waals surface area contributed by atoms with Crippen molar-refractivity contribution in [1.82, 2.24) is 20.4 Å². The third-order valence-electron chi connectivity index (χ3n) is 4.97. The van der Waals surface area contributed by atoms with E-state index in [2.05, 4.69) is 15.7 Å². The molecule has 0 saturated carbocycles. The minimum Gasteiger partial charge on any atom is -0.354 e. The van der Waals surface area contributed by atoms with Gasteiger partial charge in [0.05, 0.1) is 25.3 Å². The summed E-state index contributed by atoms with van der Waals surface area (Å²) < 4.78 is 12.6. The number of nitrogens with zero attached hydrogens (tertiary/aromatic N) is 2. The van der Waals surface area contributed by atoms with Crippen LogP contribution >= 0.6 is 0 Å². The Labute approximate surface area is 175 Å². The highest BCUT2D eigenvalue weighted by atomic mass is 16.7. The molecule has 3 rings (SSSR count). The molecule has 1 fully saturated rings. The highest BCUT2D eigenvalue weighted by Gasteiger charge is 2.23. The monoisotopic (exact) mass is 415 g/mol. The summed E-state index contributed by atoms with van der Waals surface area (Å²) >= 11 is 0. The van der Waals surface area contributed by atoms with Crippen LogP contribution in [0.4, 0.5) is 0 Å². The van der Waals surface area contributed by atoms with Crippen LogP contribution in [0, 0.1) is 0 Å². The first-order chi connectivity index (χ1) is 14.5. The largest absolute Gasteiger partial charge is 0.354 e. The molecule has 2 heterocycles. The minimum absolute atomic E-state index is 0.0811. The van der Waals surface area contributed by atoms with Gasteiger partial charge in [0, 0.05) is 26.1 Å². The number of amides is 2. The molecule has 0 bridgehead atoms. The van der Waals surface area contributed by atoms with Crippen molar-refractivity contribution in [1.29, 1.82) is 0 Å². The summed E-state index contributed by atoms with van der Waals surface area (Å²) in [5.74, 6) is -0.624. The number of ether oxygens (including phenoxy) is 2. The third-order valence-corrected chi connectivity index (χ3v) is 4.97. The zero-order valence-electron chi connectivity index (χ0n) is 17.3. The van der Waals surface area contributed by atoms with Gasteiger partial charge in [-0.05, 0) is 18.9 Å². The molecule has 162 valence electrons. The minimum atomic E-state index is -0.340. The van der Waals surface area contributed by atoms with E-state index in [1.807, 2.05) is 37.3 Å². The smallest absolute Gasteiger partial charge is 0.271 e. The Hall–Kier alpha value is -2.75. The molecule has 0 aliphatic carbocycles. The van der Waals surface area contributed by atoms with Gasteiger partial charge in [-0.15, -0.1) is 0 Å². The Morgan fingerprint density at radius 2 is 1.93 bits per heavy atom. The van der Waals surface area contributed by atoms with Crippen molar-refractivity contribution in [3.63, 3.8) is 0 Å². The number of benzene rings is 1. The lowest BCUT2D eigenvalue weighted by Gasteiger charge is -2.27. The third kappa shape index (κ3) is 5.44. The second-order valence-corrected chi connectivity index (χ2v) is 7.28. The van der Waals surface area contributed by atoms with Gasteiger partial charge in [0.25, 0.3) is 11.8 Å². The first-order valence-corrected chi connectivity index (χ1v) is 10.1. The van der Waals surface area contributed by atoms with Gasteiger partial charge in [-0.2, -0.15) is 5.10 Å². The maximum absolute atomic E-state index is 12.8. The molecule has 0 spiro atoms. The Bertz CT molecular complexity index is 846. The van der Waals surface area contributed by atoms with Crippen LogP contribution < -0.4 is 16.4 Å². The quantitative estimate of drug-likeness (QED) is 0.555. The Morgan fingerprint density at radius 3 is 2.60 bits per heavy atom. The fourth-order valence-electron chi connectivity index (χ4n) is 3.26. The summed E-state index contributed by atoms with van der Waals surface area (Å²) in [6, 6.07) is 10.9. The lowest BCUT2D eigenvalue weighted by Crippen LogP contribution is -2.41. The molecule has 1 aliphatic rings.